The number of rotatable bonds is 7. The van der Waals surface area contributed by atoms with Gasteiger partial charge in [-0.05, 0) is 30.5 Å². The Morgan fingerprint density at radius 3 is 2.81 bits per heavy atom. The predicted octanol–water partition coefficient (Wildman–Crippen LogP) is 1.86. The van der Waals surface area contributed by atoms with Crippen LogP contribution in [-0.2, 0) is 25.8 Å². The molecule has 3 amide bonds. The lowest BCUT2D eigenvalue weighted by atomic mass is 10.0. The third-order valence-corrected chi connectivity index (χ3v) is 4.71. The van der Waals surface area contributed by atoms with Gasteiger partial charge in [-0.15, -0.1) is 0 Å². The molecule has 1 aromatic carbocycles. The molecule has 2 heterocycles. The van der Waals surface area contributed by atoms with E-state index in [-0.39, 0.29) is 37.0 Å². The molecule has 1 fully saturated rings. The lowest BCUT2D eigenvalue weighted by Crippen LogP contribution is -2.52. The zero-order valence-corrected chi connectivity index (χ0v) is 15.2. The zero-order chi connectivity index (χ0) is 19.4. The van der Waals surface area contributed by atoms with Crippen LogP contribution < -0.4 is 10.2 Å². The summed E-state index contributed by atoms with van der Waals surface area (Å²) in [6, 6.07) is 4.16. The largest absolute Gasteiger partial charge is 0.355 e. The fraction of sp³-hybridized carbons (Fsp3) is 0.474. The molecule has 2 aliphatic rings. The van der Waals surface area contributed by atoms with Crippen LogP contribution in [0.5, 0.6) is 5.75 Å². The van der Waals surface area contributed by atoms with Gasteiger partial charge in [0, 0.05) is 18.5 Å². The van der Waals surface area contributed by atoms with Crippen LogP contribution in [0.2, 0.25) is 0 Å². The van der Waals surface area contributed by atoms with Crippen LogP contribution in [0, 0.1) is 0 Å². The van der Waals surface area contributed by atoms with Crippen molar-refractivity contribution in [3.05, 3.63) is 29.3 Å². The average Bonchev–Trinajstić information content (AvgIpc) is 2.96. The molecule has 1 atom stereocenters. The van der Waals surface area contributed by atoms with Gasteiger partial charge in [-0.2, -0.15) is 0 Å². The molecule has 0 spiro atoms. The summed E-state index contributed by atoms with van der Waals surface area (Å²) in [6.45, 7) is 2.33. The fourth-order valence-electron chi connectivity index (χ4n) is 3.24. The maximum atomic E-state index is 12.7. The summed E-state index contributed by atoms with van der Waals surface area (Å²) >= 11 is 0. The molecule has 27 heavy (non-hydrogen) atoms. The van der Waals surface area contributed by atoms with E-state index in [0.717, 1.165) is 24.8 Å². The molecule has 2 aliphatic heterocycles. The number of hydrogen-bond donors (Lipinski definition) is 1. The molecular formula is C19H22N2O6. The van der Waals surface area contributed by atoms with Gasteiger partial charge in [0.05, 0.1) is 6.42 Å². The second-order valence-electron chi connectivity index (χ2n) is 6.71. The Kier molecular flexibility index (Phi) is 5.73. The maximum absolute atomic E-state index is 12.7. The Morgan fingerprint density at radius 2 is 2.07 bits per heavy atom. The predicted molar refractivity (Wildman–Crippen MR) is 93.3 cm³/mol. The number of carbonyl (C=O) groups excluding carboxylic acids is 4. The number of benzene rings is 1. The highest BCUT2D eigenvalue weighted by atomic mass is 17.2. The van der Waals surface area contributed by atoms with Crippen molar-refractivity contribution >= 4 is 23.7 Å². The van der Waals surface area contributed by atoms with Crippen LogP contribution in [0.1, 0.15) is 61.4 Å². The summed E-state index contributed by atoms with van der Waals surface area (Å²) < 4.78 is 0. The van der Waals surface area contributed by atoms with Crippen LogP contribution in [0.15, 0.2) is 18.2 Å². The van der Waals surface area contributed by atoms with Crippen molar-refractivity contribution in [2.75, 3.05) is 0 Å². The van der Waals surface area contributed by atoms with E-state index in [4.69, 9.17) is 9.78 Å². The topological polar surface area (TPSA) is 102 Å². The highest BCUT2D eigenvalue weighted by Gasteiger charge is 2.39. The number of imide groups is 1. The molecule has 1 aromatic rings. The van der Waals surface area contributed by atoms with E-state index in [9.17, 15) is 19.2 Å². The van der Waals surface area contributed by atoms with Gasteiger partial charge in [-0.1, -0.05) is 25.8 Å². The molecule has 0 radical (unpaired) electrons. The summed E-state index contributed by atoms with van der Waals surface area (Å²) in [6.07, 6.45) is 3.48. The Hall–Kier alpha value is -2.90. The van der Waals surface area contributed by atoms with Gasteiger partial charge >= 0.3 is 5.97 Å². The molecule has 8 nitrogen and oxygen atoms in total. The minimum Gasteiger partial charge on any atom is -0.322 e. The van der Waals surface area contributed by atoms with Crippen LogP contribution >= 0.6 is 0 Å². The van der Waals surface area contributed by atoms with Crippen LogP contribution in [0.4, 0.5) is 0 Å². The van der Waals surface area contributed by atoms with Crippen molar-refractivity contribution in [3.63, 3.8) is 0 Å². The number of fused-ring (bicyclic) bond motifs is 1. The third kappa shape index (κ3) is 4.27. The molecule has 0 saturated carbocycles. The van der Waals surface area contributed by atoms with Crippen LogP contribution in [0.25, 0.3) is 0 Å². The Morgan fingerprint density at radius 1 is 1.26 bits per heavy atom. The van der Waals surface area contributed by atoms with Crippen molar-refractivity contribution in [1.82, 2.24) is 10.2 Å². The number of hydrogen-bond acceptors (Lipinski definition) is 6. The lowest BCUT2D eigenvalue weighted by Gasteiger charge is -2.29. The van der Waals surface area contributed by atoms with E-state index in [1.807, 2.05) is 6.92 Å². The number of unbranched alkanes of at least 4 members (excludes halogenated alkanes) is 2. The van der Waals surface area contributed by atoms with E-state index in [2.05, 4.69) is 5.32 Å². The Bertz CT molecular complexity index is 775. The van der Waals surface area contributed by atoms with Crippen molar-refractivity contribution in [3.8, 4) is 5.75 Å². The molecule has 0 bridgehead atoms. The minimum absolute atomic E-state index is 0.207. The number of amides is 3. The number of nitrogens with one attached hydrogen (secondary N) is 1. The molecule has 0 aliphatic carbocycles. The first-order chi connectivity index (χ1) is 13.0. The van der Waals surface area contributed by atoms with Gasteiger partial charge in [0.25, 0.3) is 5.91 Å². The fourth-order valence-corrected chi connectivity index (χ4v) is 3.24. The Labute approximate surface area is 156 Å². The minimum atomic E-state index is -0.664. The quantitative estimate of drug-likeness (QED) is 0.338. The summed E-state index contributed by atoms with van der Waals surface area (Å²) in [7, 11) is 0. The number of piperidine rings is 1. The monoisotopic (exact) mass is 374 g/mol. The van der Waals surface area contributed by atoms with Crippen LogP contribution in [0.3, 0.4) is 0 Å². The molecule has 8 heteroatoms. The first-order valence-corrected chi connectivity index (χ1v) is 9.14. The van der Waals surface area contributed by atoms with Crippen molar-refractivity contribution in [2.24, 2.45) is 0 Å². The molecule has 0 aromatic heterocycles. The molecule has 1 saturated heterocycles. The van der Waals surface area contributed by atoms with Gasteiger partial charge in [-0.3, -0.25) is 29.5 Å². The first-order valence-electron chi connectivity index (χ1n) is 9.14. The maximum Gasteiger partial charge on any atom is 0.355 e. The van der Waals surface area contributed by atoms with E-state index >= 15 is 0 Å². The second-order valence-corrected chi connectivity index (χ2v) is 6.71. The second kappa shape index (κ2) is 8.20. The van der Waals surface area contributed by atoms with Gasteiger partial charge < -0.3 is 4.90 Å². The van der Waals surface area contributed by atoms with Crippen molar-refractivity contribution in [2.45, 2.75) is 58.0 Å². The molecule has 1 unspecified atom stereocenters. The average molecular weight is 374 g/mol. The standard InChI is InChI=1S/C19H22N2O6/c1-2-3-4-5-17(23)27-26-13-7-6-12-11-21(19(25)14(12)10-13)15-8-9-16(22)20-18(15)24/h6-7,10,15H,2-5,8-9,11H2,1H3,(H,20,22,24). The van der Waals surface area contributed by atoms with Gasteiger partial charge in [0.2, 0.25) is 11.8 Å². The van der Waals surface area contributed by atoms with Crippen LogP contribution in [-0.4, -0.2) is 34.6 Å². The summed E-state index contributed by atoms with van der Waals surface area (Å²) in [5.74, 6) is -1.29. The van der Waals surface area contributed by atoms with E-state index in [0.29, 0.717) is 12.0 Å². The molecule has 1 N–H and O–H groups in total. The Balaban J connectivity index is 1.61. The number of nitrogens with zero attached hydrogens (tertiary/aromatic N) is 1. The molecular weight excluding hydrogens is 352 g/mol. The van der Waals surface area contributed by atoms with Crippen molar-refractivity contribution < 1.29 is 29.0 Å². The summed E-state index contributed by atoms with van der Waals surface area (Å²) in [4.78, 5) is 58.9. The third-order valence-electron chi connectivity index (χ3n) is 4.71. The van der Waals surface area contributed by atoms with E-state index < -0.39 is 17.9 Å². The smallest absolute Gasteiger partial charge is 0.322 e. The van der Waals surface area contributed by atoms with Gasteiger partial charge in [0.1, 0.15) is 6.04 Å². The van der Waals surface area contributed by atoms with E-state index in [1.54, 1.807) is 12.1 Å². The SMILES string of the molecule is CCCCCC(=O)OOc1ccc2c(c1)C(=O)N(C1CCC(=O)NC1=O)C2. The molecule has 3 rings (SSSR count). The molecule has 144 valence electrons. The first kappa shape index (κ1) is 18.9. The zero-order valence-electron chi connectivity index (χ0n) is 15.2. The number of carbonyl (C=O) groups is 4. The van der Waals surface area contributed by atoms with Gasteiger partial charge in [-0.25, -0.2) is 4.79 Å². The van der Waals surface area contributed by atoms with Gasteiger partial charge in [0.15, 0.2) is 5.75 Å². The summed E-state index contributed by atoms with van der Waals surface area (Å²) in [5.41, 5.74) is 1.16. The summed E-state index contributed by atoms with van der Waals surface area (Å²) in [5, 5.41) is 2.26. The van der Waals surface area contributed by atoms with E-state index in [1.165, 1.54) is 11.0 Å². The highest BCUT2D eigenvalue weighted by Crippen LogP contribution is 2.30. The normalized spacial score (nSPS) is 18.9. The van der Waals surface area contributed by atoms with Crippen molar-refractivity contribution in [1.29, 1.82) is 0 Å². The lowest BCUT2D eigenvalue weighted by molar-refractivity contribution is -0.213. The highest BCUT2D eigenvalue weighted by molar-refractivity contribution is 6.05.